The molecule has 0 amide bonds. The van der Waals surface area contributed by atoms with Crippen LogP contribution in [-0.2, 0) is 0 Å². The fourth-order valence-electron chi connectivity index (χ4n) is 3.39. The Morgan fingerprint density at radius 3 is 2.57 bits per heavy atom. The zero-order valence-electron chi connectivity index (χ0n) is 14.0. The van der Waals surface area contributed by atoms with Crippen molar-refractivity contribution in [3.63, 3.8) is 0 Å². The molecule has 1 aromatic rings. The summed E-state index contributed by atoms with van der Waals surface area (Å²) in [5.41, 5.74) is 1.14. The van der Waals surface area contributed by atoms with Gasteiger partial charge in [0.15, 0.2) is 0 Å². The van der Waals surface area contributed by atoms with Gasteiger partial charge in [-0.2, -0.15) is 0 Å². The quantitative estimate of drug-likeness (QED) is 0.611. The molecule has 21 heavy (non-hydrogen) atoms. The molecule has 0 bridgehead atoms. The Kier molecular flexibility index (Phi) is 7.11. The topological polar surface area (TPSA) is 29.9 Å². The van der Waals surface area contributed by atoms with Gasteiger partial charge in [0.1, 0.15) is 0 Å². The predicted molar refractivity (Wildman–Crippen MR) is 91.0 cm³/mol. The minimum absolute atomic E-state index is 0.673. The van der Waals surface area contributed by atoms with Crippen molar-refractivity contribution in [3.8, 4) is 0 Å². The van der Waals surface area contributed by atoms with Crippen molar-refractivity contribution in [2.75, 3.05) is 11.9 Å². The summed E-state index contributed by atoms with van der Waals surface area (Å²) in [4.78, 5) is 4.68. The number of nitrogens with zero attached hydrogens (tertiary/aromatic N) is 2. The van der Waals surface area contributed by atoms with Crippen molar-refractivity contribution in [2.45, 2.75) is 90.5 Å². The molecule has 1 aliphatic rings. The molecule has 0 atom stereocenters. The smallest absolute Gasteiger partial charge is 0.203 e. The van der Waals surface area contributed by atoms with Gasteiger partial charge in [-0.3, -0.25) is 0 Å². The number of hydrogen-bond donors (Lipinski definition) is 1. The summed E-state index contributed by atoms with van der Waals surface area (Å²) in [5.74, 6) is 1.10. The van der Waals surface area contributed by atoms with Crippen LogP contribution in [0.15, 0.2) is 6.20 Å². The van der Waals surface area contributed by atoms with Crippen LogP contribution >= 0.6 is 0 Å². The Morgan fingerprint density at radius 1 is 1.10 bits per heavy atom. The highest BCUT2D eigenvalue weighted by Gasteiger charge is 2.18. The van der Waals surface area contributed by atoms with Crippen molar-refractivity contribution < 1.29 is 0 Å². The lowest BCUT2D eigenvalue weighted by Crippen LogP contribution is -2.16. The lowest BCUT2D eigenvalue weighted by molar-refractivity contribution is 0.355. The highest BCUT2D eigenvalue weighted by Crippen LogP contribution is 2.30. The summed E-state index contributed by atoms with van der Waals surface area (Å²) < 4.78 is 2.41. The molecule has 1 heterocycles. The van der Waals surface area contributed by atoms with Gasteiger partial charge < -0.3 is 9.88 Å². The highest BCUT2D eigenvalue weighted by molar-refractivity contribution is 5.29. The molecule has 3 heteroatoms. The van der Waals surface area contributed by atoms with Crippen LogP contribution in [0.5, 0.6) is 0 Å². The van der Waals surface area contributed by atoms with Gasteiger partial charge >= 0.3 is 0 Å². The number of anilines is 1. The number of rotatable bonds is 9. The summed E-state index contributed by atoms with van der Waals surface area (Å²) in [7, 11) is 0. The summed E-state index contributed by atoms with van der Waals surface area (Å²) in [6.45, 7) is 5.44. The fraction of sp³-hybridized carbons (Fsp3) is 0.833. The van der Waals surface area contributed by atoms with E-state index in [0.717, 1.165) is 18.2 Å². The number of aryl methyl sites for hydroxylation is 1. The van der Waals surface area contributed by atoms with E-state index in [0.29, 0.717) is 6.04 Å². The molecule has 0 saturated heterocycles. The molecule has 3 nitrogen and oxygen atoms in total. The van der Waals surface area contributed by atoms with Gasteiger partial charge in [0, 0.05) is 18.8 Å². The molecule has 120 valence electrons. The van der Waals surface area contributed by atoms with Crippen LogP contribution in [0.1, 0.15) is 89.3 Å². The maximum absolute atomic E-state index is 4.68. The van der Waals surface area contributed by atoms with Gasteiger partial charge in [0.2, 0.25) is 5.95 Å². The van der Waals surface area contributed by atoms with E-state index in [1.807, 2.05) is 0 Å². The van der Waals surface area contributed by atoms with Crippen molar-refractivity contribution in [1.29, 1.82) is 0 Å². The predicted octanol–water partition coefficient (Wildman–Crippen LogP) is 5.47. The monoisotopic (exact) mass is 291 g/mol. The number of aromatic nitrogens is 2. The van der Waals surface area contributed by atoms with Gasteiger partial charge in [-0.1, -0.05) is 58.3 Å². The second-order valence-electron chi connectivity index (χ2n) is 6.60. The van der Waals surface area contributed by atoms with E-state index < -0.39 is 0 Å². The summed E-state index contributed by atoms with van der Waals surface area (Å²) in [6, 6.07) is 0.673. The Morgan fingerprint density at radius 2 is 1.81 bits per heavy atom. The van der Waals surface area contributed by atoms with E-state index in [9.17, 15) is 0 Å². The molecule has 2 rings (SSSR count). The van der Waals surface area contributed by atoms with E-state index in [1.54, 1.807) is 0 Å². The van der Waals surface area contributed by atoms with Crippen molar-refractivity contribution in [1.82, 2.24) is 9.55 Å². The average Bonchev–Trinajstić information content (AvgIpc) is 2.88. The third-order valence-electron chi connectivity index (χ3n) is 4.63. The molecule has 0 unspecified atom stereocenters. The van der Waals surface area contributed by atoms with Crippen molar-refractivity contribution >= 4 is 5.95 Å². The Balaban J connectivity index is 1.74. The summed E-state index contributed by atoms with van der Waals surface area (Å²) in [6.07, 6.45) is 17.1. The minimum atomic E-state index is 0.673. The van der Waals surface area contributed by atoms with Crippen LogP contribution < -0.4 is 5.32 Å². The normalized spacial score (nSPS) is 16.3. The number of unbranched alkanes of at least 4 members (excludes halogenated alkanes) is 5. The van der Waals surface area contributed by atoms with E-state index in [4.69, 9.17) is 0 Å². The van der Waals surface area contributed by atoms with Gasteiger partial charge in [-0.15, -0.1) is 0 Å². The maximum Gasteiger partial charge on any atom is 0.203 e. The molecule has 0 aromatic carbocycles. The minimum Gasteiger partial charge on any atom is -0.356 e. The summed E-state index contributed by atoms with van der Waals surface area (Å²) in [5, 5.41) is 3.57. The molecular formula is C18H33N3. The molecule has 1 aliphatic carbocycles. The lowest BCUT2D eigenvalue weighted by atomic mass is 9.95. The second-order valence-corrected chi connectivity index (χ2v) is 6.60. The average molecular weight is 291 g/mol. The first-order valence-electron chi connectivity index (χ1n) is 9.10. The maximum atomic E-state index is 4.68. The van der Waals surface area contributed by atoms with Gasteiger partial charge in [0.25, 0.3) is 0 Å². The molecule has 0 spiro atoms. The first kappa shape index (κ1) is 16.4. The molecule has 1 N–H and O–H groups in total. The third kappa shape index (κ3) is 5.37. The van der Waals surface area contributed by atoms with E-state index in [-0.39, 0.29) is 0 Å². The number of imidazole rings is 1. The van der Waals surface area contributed by atoms with Gasteiger partial charge in [-0.05, 0) is 26.2 Å². The molecule has 0 radical (unpaired) electrons. The van der Waals surface area contributed by atoms with Crippen LogP contribution in [0, 0.1) is 6.92 Å². The van der Waals surface area contributed by atoms with Crippen LogP contribution in [0.25, 0.3) is 0 Å². The van der Waals surface area contributed by atoms with Gasteiger partial charge in [0.05, 0.1) is 5.69 Å². The van der Waals surface area contributed by atoms with Crippen LogP contribution in [0.3, 0.4) is 0 Å². The number of nitrogens with one attached hydrogen (secondary N) is 1. The van der Waals surface area contributed by atoms with Gasteiger partial charge in [-0.25, -0.2) is 4.98 Å². The zero-order valence-corrected chi connectivity index (χ0v) is 14.0. The second kappa shape index (κ2) is 9.11. The van der Waals surface area contributed by atoms with E-state index >= 15 is 0 Å². The SMILES string of the molecule is CCCCCCCCNc1nc(C)cn1C1CCCCC1. The highest BCUT2D eigenvalue weighted by atomic mass is 15.2. The lowest BCUT2D eigenvalue weighted by Gasteiger charge is -2.24. The summed E-state index contributed by atoms with van der Waals surface area (Å²) >= 11 is 0. The van der Waals surface area contributed by atoms with Crippen molar-refractivity contribution in [3.05, 3.63) is 11.9 Å². The molecule has 1 fully saturated rings. The zero-order chi connectivity index (χ0) is 14.9. The van der Waals surface area contributed by atoms with Crippen molar-refractivity contribution in [2.24, 2.45) is 0 Å². The first-order valence-corrected chi connectivity index (χ1v) is 9.10. The molecular weight excluding hydrogens is 258 g/mol. The largest absolute Gasteiger partial charge is 0.356 e. The Hall–Kier alpha value is -0.990. The fourth-order valence-corrected chi connectivity index (χ4v) is 3.39. The van der Waals surface area contributed by atoms with Crippen LogP contribution in [-0.4, -0.2) is 16.1 Å². The Bertz CT molecular complexity index is 391. The number of hydrogen-bond acceptors (Lipinski definition) is 2. The van der Waals surface area contributed by atoms with Crippen LogP contribution in [0.2, 0.25) is 0 Å². The molecule has 1 saturated carbocycles. The van der Waals surface area contributed by atoms with Crippen LogP contribution in [0.4, 0.5) is 5.95 Å². The first-order chi connectivity index (χ1) is 10.3. The van der Waals surface area contributed by atoms with E-state index in [2.05, 4.69) is 34.9 Å². The standard InChI is InChI=1S/C18H33N3/c1-3-4-5-6-7-11-14-19-18-20-16(2)15-21(18)17-12-9-8-10-13-17/h15,17H,3-14H2,1-2H3,(H,19,20). The molecule has 0 aliphatic heterocycles. The molecule has 1 aromatic heterocycles. The third-order valence-corrected chi connectivity index (χ3v) is 4.63. The van der Waals surface area contributed by atoms with E-state index in [1.165, 1.54) is 70.6 Å². The Labute approximate surface area is 130 Å².